The average molecular weight is 463 g/mol. The summed E-state index contributed by atoms with van der Waals surface area (Å²) in [5.74, 6) is -1.47. The van der Waals surface area contributed by atoms with Crippen LogP contribution in [-0.4, -0.2) is 48.5 Å². The molecule has 0 aromatic heterocycles. The van der Waals surface area contributed by atoms with Crippen molar-refractivity contribution in [3.05, 3.63) is 58.1 Å². The van der Waals surface area contributed by atoms with Crippen LogP contribution >= 0.6 is 23.2 Å². The van der Waals surface area contributed by atoms with E-state index in [1.54, 1.807) is 41.3 Å². The Morgan fingerprint density at radius 3 is 2.58 bits per heavy atom. The van der Waals surface area contributed by atoms with Crippen LogP contribution < -0.4 is 15.5 Å². The molecule has 0 atom stereocenters. The molecule has 162 valence electrons. The van der Waals surface area contributed by atoms with Gasteiger partial charge in [-0.3, -0.25) is 14.4 Å². The zero-order chi connectivity index (χ0) is 22.2. The van der Waals surface area contributed by atoms with E-state index in [0.29, 0.717) is 11.3 Å². The Bertz CT molecular complexity index is 1010. The molecule has 1 aliphatic rings. The van der Waals surface area contributed by atoms with Gasteiger partial charge >= 0.3 is 11.8 Å². The van der Waals surface area contributed by atoms with E-state index in [9.17, 15) is 14.4 Å². The van der Waals surface area contributed by atoms with Crippen LogP contribution in [0, 0.1) is 0 Å². The number of halogens is 2. The molecule has 2 N–H and O–H groups in total. The van der Waals surface area contributed by atoms with Crippen LogP contribution in [0.4, 0.5) is 5.69 Å². The zero-order valence-electron chi connectivity index (χ0n) is 16.4. The number of amides is 3. The molecule has 1 heterocycles. The molecule has 0 bridgehead atoms. The minimum absolute atomic E-state index is 0.0381. The van der Waals surface area contributed by atoms with Gasteiger partial charge in [0.25, 0.3) is 5.91 Å². The smallest absolute Gasteiger partial charge is 0.329 e. The molecule has 10 heteroatoms. The lowest BCUT2D eigenvalue weighted by molar-refractivity contribution is -0.136. The van der Waals surface area contributed by atoms with Crippen molar-refractivity contribution >= 4 is 52.8 Å². The maximum Gasteiger partial charge on any atom is 0.329 e. The van der Waals surface area contributed by atoms with Crippen molar-refractivity contribution in [1.29, 1.82) is 0 Å². The Kier molecular flexibility index (Phi) is 7.86. The Morgan fingerprint density at radius 2 is 1.81 bits per heavy atom. The van der Waals surface area contributed by atoms with Crippen LogP contribution in [0.15, 0.2) is 47.6 Å². The molecule has 0 aliphatic carbocycles. The minimum Gasteiger partial charge on any atom is -0.484 e. The summed E-state index contributed by atoms with van der Waals surface area (Å²) in [5, 5.41) is 6.52. The van der Waals surface area contributed by atoms with E-state index in [1.165, 1.54) is 12.3 Å². The highest BCUT2D eigenvalue weighted by atomic mass is 35.5. The van der Waals surface area contributed by atoms with E-state index in [-0.39, 0.29) is 28.2 Å². The second kappa shape index (κ2) is 10.8. The number of benzene rings is 2. The Morgan fingerprint density at radius 1 is 1.06 bits per heavy atom. The summed E-state index contributed by atoms with van der Waals surface area (Å²) in [7, 11) is 0. The van der Waals surface area contributed by atoms with E-state index in [4.69, 9.17) is 27.9 Å². The number of nitrogens with one attached hydrogen (secondary N) is 2. The summed E-state index contributed by atoms with van der Waals surface area (Å²) in [6, 6.07) is 11.5. The molecule has 2 aromatic carbocycles. The summed E-state index contributed by atoms with van der Waals surface area (Å²) in [6.07, 6.45) is 3.40. The molecule has 0 spiro atoms. The second-order valence-electron chi connectivity index (χ2n) is 6.70. The molecule has 2 aromatic rings. The van der Waals surface area contributed by atoms with Gasteiger partial charge in [-0.1, -0.05) is 41.4 Å². The van der Waals surface area contributed by atoms with E-state index < -0.39 is 11.8 Å². The van der Waals surface area contributed by atoms with Gasteiger partial charge in [0.05, 0.1) is 21.9 Å². The van der Waals surface area contributed by atoms with Crippen molar-refractivity contribution < 1.29 is 19.1 Å². The number of anilines is 1. The fourth-order valence-electron chi connectivity index (χ4n) is 2.88. The molecule has 0 radical (unpaired) electrons. The lowest BCUT2D eigenvalue weighted by Crippen LogP contribution is -2.32. The first-order valence-electron chi connectivity index (χ1n) is 9.53. The summed E-state index contributed by atoms with van der Waals surface area (Å²) in [4.78, 5) is 37.7. The van der Waals surface area contributed by atoms with Crippen molar-refractivity contribution in [2.75, 3.05) is 25.0 Å². The SMILES string of the molecule is O=C(N/N=C\c1cccc(OCC(=O)N2CCCC2)c1)C(=O)Nc1cccc(Cl)c1Cl. The second-order valence-corrected chi connectivity index (χ2v) is 7.49. The van der Waals surface area contributed by atoms with E-state index in [0.717, 1.165) is 25.9 Å². The molecule has 0 saturated carbocycles. The van der Waals surface area contributed by atoms with Crippen LogP contribution in [0.2, 0.25) is 10.0 Å². The van der Waals surface area contributed by atoms with E-state index in [1.807, 2.05) is 0 Å². The molecular formula is C21H20Cl2N4O4. The molecule has 1 saturated heterocycles. The summed E-state index contributed by atoms with van der Waals surface area (Å²) < 4.78 is 5.55. The normalized spacial score (nSPS) is 13.3. The number of carbonyl (C=O) groups excluding carboxylic acids is 3. The standard InChI is InChI=1S/C21H20Cl2N4O4/c22-16-7-4-8-17(19(16)23)25-20(29)21(30)26-24-12-14-5-3-6-15(11-14)31-13-18(28)27-9-1-2-10-27/h3-8,11-12H,1-2,9-10,13H2,(H,25,29)(H,26,30)/b24-12-. The third-order valence-electron chi connectivity index (χ3n) is 4.46. The number of hydrazone groups is 1. The van der Waals surface area contributed by atoms with E-state index in [2.05, 4.69) is 15.8 Å². The number of rotatable bonds is 6. The van der Waals surface area contributed by atoms with Crippen LogP contribution in [0.5, 0.6) is 5.75 Å². The Hall–Kier alpha value is -3.10. The first kappa shape index (κ1) is 22.6. The number of ether oxygens (including phenoxy) is 1. The molecule has 8 nitrogen and oxygen atoms in total. The fraction of sp³-hybridized carbons (Fsp3) is 0.238. The van der Waals surface area contributed by atoms with Crippen molar-refractivity contribution in [1.82, 2.24) is 10.3 Å². The van der Waals surface area contributed by atoms with Crippen molar-refractivity contribution in [3.8, 4) is 5.75 Å². The van der Waals surface area contributed by atoms with Gasteiger partial charge in [-0.15, -0.1) is 0 Å². The van der Waals surface area contributed by atoms with Gasteiger partial charge in [0.2, 0.25) is 0 Å². The third kappa shape index (κ3) is 6.44. The zero-order valence-corrected chi connectivity index (χ0v) is 17.9. The highest BCUT2D eigenvalue weighted by Gasteiger charge is 2.18. The number of carbonyl (C=O) groups is 3. The lowest BCUT2D eigenvalue weighted by atomic mass is 10.2. The first-order valence-corrected chi connectivity index (χ1v) is 10.3. The van der Waals surface area contributed by atoms with Gasteiger partial charge in [0.1, 0.15) is 5.75 Å². The maximum atomic E-state index is 12.1. The molecular weight excluding hydrogens is 443 g/mol. The minimum atomic E-state index is -0.976. The predicted molar refractivity (Wildman–Crippen MR) is 119 cm³/mol. The molecule has 31 heavy (non-hydrogen) atoms. The number of likely N-dealkylation sites (tertiary alicyclic amines) is 1. The summed E-state index contributed by atoms with van der Waals surface area (Å²) >= 11 is 11.9. The highest BCUT2D eigenvalue weighted by Crippen LogP contribution is 2.29. The predicted octanol–water partition coefficient (Wildman–Crippen LogP) is 3.08. The molecule has 1 aliphatic heterocycles. The van der Waals surface area contributed by atoms with E-state index >= 15 is 0 Å². The van der Waals surface area contributed by atoms with Gasteiger partial charge in [-0.25, -0.2) is 5.43 Å². The topological polar surface area (TPSA) is 100 Å². The average Bonchev–Trinajstić information content (AvgIpc) is 3.30. The fourth-order valence-corrected chi connectivity index (χ4v) is 3.23. The van der Waals surface area contributed by atoms with Crippen LogP contribution in [0.3, 0.4) is 0 Å². The van der Waals surface area contributed by atoms with Gasteiger partial charge in [-0.05, 0) is 42.7 Å². The van der Waals surface area contributed by atoms with Gasteiger partial charge in [-0.2, -0.15) is 5.10 Å². The van der Waals surface area contributed by atoms with Gasteiger partial charge in [0, 0.05) is 13.1 Å². The molecule has 0 unspecified atom stereocenters. The molecule has 3 rings (SSSR count). The largest absolute Gasteiger partial charge is 0.484 e. The van der Waals surface area contributed by atoms with Gasteiger partial charge < -0.3 is 15.0 Å². The van der Waals surface area contributed by atoms with Crippen molar-refractivity contribution in [2.45, 2.75) is 12.8 Å². The van der Waals surface area contributed by atoms with Gasteiger partial charge in [0.15, 0.2) is 6.61 Å². The number of hydrogen-bond donors (Lipinski definition) is 2. The molecule has 1 fully saturated rings. The lowest BCUT2D eigenvalue weighted by Gasteiger charge is -2.15. The Balaban J connectivity index is 1.50. The highest BCUT2D eigenvalue weighted by molar-refractivity contribution is 6.45. The quantitative estimate of drug-likeness (QED) is 0.391. The summed E-state index contributed by atoms with van der Waals surface area (Å²) in [6.45, 7) is 1.50. The van der Waals surface area contributed by atoms with Crippen LogP contribution in [-0.2, 0) is 14.4 Å². The molecule has 3 amide bonds. The van der Waals surface area contributed by atoms with Crippen molar-refractivity contribution in [3.63, 3.8) is 0 Å². The first-order chi connectivity index (χ1) is 14.9. The van der Waals surface area contributed by atoms with Crippen molar-refractivity contribution in [2.24, 2.45) is 5.10 Å². The number of hydrogen-bond acceptors (Lipinski definition) is 5. The summed E-state index contributed by atoms with van der Waals surface area (Å²) in [5.41, 5.74) is 2.96. The monoisotopic (exact) mass is 462 g/mol. The van der Waals surface area contributed by atoms with Crippen LogP contribution in [0.25, 0.3) is 0 Å². The van der Waals surface area contributed by atoms with Crippen LogP contribution in [0.1, 0.15) is 18.4 Å². The maximum absolute atomic E-state index is 12.1. The Labute approximate surface area is 189 Å². The third-order valence-corrected chi connectivity index (χ3v) is 5.28. The number of nitrogens with zero attached hydrogens (tertiary/aromatic N) is 2.